The number of hydrogen-bond acceptors (Lipinski definition) is 5. The van der Waals surface area contributed by atoms with Crippen LogP contribution in [0.2, 0.25) is 0 Å². The third-order valence-electron chi connectivity index (χ3n) is 3.67. The Morgan fingerprint density at radius 1 is 1.15 bits per heavy atom. The van der Waals surface area contributed by atoms with Crippen molar-refractivity contribution in [1.29, 1.82) is 0 Å². The molecule has 1 aromatic carbocycles. The van der Waals surface area contributed by atoms with Gasteiger partial charge in [-0.3, -0.25) is 9.78 Å². The predicted molar refractivity (Wildman–Crippen MR) is 95.1 cm³/mol. The van der Waals surface area contributed by atoms with Crippen LogP contribution >= 0.6 is 0 Å². The Hall–Kier alpha value is -3.42. The molecule has 0 aliphatic carbocycles. The molecule has 0 spiro atoms. The van der Waals surface area contributed by atoms with Crippen molar-refractivity contribution in [2.75, 3.05) is 25.1 Å². The Morgan fingerprint density at radius 3 is 2.42 bits per heavy atom. The van der Waals surface area contributed by atoms with Gasteiger partial charge in [0.1, 0.15) is 0 Å². The first-order chi connectivity index (χ1) is 12.4. The van der Waals surface area contributed by atoms with Crippen LogP contribution in [-0.2, 0) is 9.53 Å². The summed E-state index contributed by atoms with van der Waals surface area (Å²) in [5, 5.41) is 11.6. The number of nitrogens with zero attached hydrogens (tertiary/aromatic N) is 2. The van der Waals surface area contributed by atoms with Gasteiger partial charge in [0.2, 0.25) is 5.91 Å². The van der Waals surface area contributed by atoms with Gasteiger partial charge in [0, 0.05) is 43.7 Å². The summed E-state index contributed by atoms with van der Waals surface area (Å²) in [6, 6.07) is 8.60. The molecule has 136 valence electrons. The molecule has 8 nitrogen and oxygen atoms in total. The number of amides is 2. The van der Waals surface area contributed by atoms with E-state index in [9.17, 15) is 14.4 Å². The summed E-state index contributed by atoms with van der Waals surface area (Å²) < 4.78 is 4.49. The molecule has 0 unspecified atom stereocenters. The van der Waals surface area contributed by atoms with E-state index in [0.717, 1.165) is 5.56 Å². The Kier molecular flexibility index (Phi) is 6.26. The van der Waals surface area contributed by atoms with E-state index in [2.05, 4.69) is 15.0 Å². The number of anilines is 1. The number of hydrogen-bond donors (Lipinski definition) is 2. The van der Waals surface area contributed by atoms with Crippen LogP contribution in [0.15, 0.2) is 42.7 Å². The van der Waals surface area contributed by atoms with Crippen molar-refractivity contribution in [3.63, 3.8) is 0 Å². The van der Waals surface area contributed by atoms with Gasteiger partial charge in [-0.05, 0) is 23.8 Å². The molecule has 2 rings (SSSR count). The van der Waals surface area contributed by atoms with Crippen LogP contribution in [-0.4, -0.2) is 48.3 Å². The van der Waals surface area contributed by atoms with E-state index in [1.54, 1.807) is 30.5 Å². The van der Waals surface area contributed by atoms with Gasteiger partial charge in [-0.1, -0.05) is 12.1 Å². The molecule has 0 aliphatic rings. The van der Waals surface area contributed by atoms with Crippen molar-refractivity contribution >= 4 is 23.7 Å². The fourth-order valence-corrected chi connectivity index (χ4v) is 2.36. The van der Waals surface area contributed by atoms with E-state index < -0.39 is 12.1 Å². The zero-order valence-electron chi connectivity index (χ0n) is 14.4. The SMILES string of the molecule is COC(=O)NCCN(C(C)=O)c1ccc(-c2cncc(C(=O)O)c2)cc1. The quantitative estimate of drug-likeness (QED) is 0.820. The van der Waals surface area contributed by atoms with E-state index in [1.165, 1.54) is 31.2 Å². The predicted octanol–water partition coefficient (Wildman–Crippen LogP) is 2.16. The molecular formula is C18H19N3O5. The summed E-state index contributed by atoms with van der Waals surface area (Å²) in [5.41, 5.74) is 2.21. The van der Waals surface area contributed by atoms with Crippen LogP contribution in [0, 0.1) is 0 Å². The van der Waals surface area contributed by atoms with E-state index in [0.29, 0.717) is 17.8 Å². The molecule has 2 aromatic rings. The van der Waals surface area contributed by atoms with Crippen molar-refractivity contribution in [3.8, 4) is 11.1 Å². The largest absolute Gasteiger partial charge is 0.478 e. The van der Waals surface area contributed by atoms with Gasteiger partial charge < -0.3 is 20.1 Å². The lowest BCUT2D eigenvalue weighted by molar-refractivity contribution is -0.116. The van der Waals surface area contributed by atoms with Crippen molar-refractivity contribution in [1.82, 2.24) is 10.3 Å². The highest BCUT2D eigenvalue weighted by Gasteiger charge is 2.12. The molecule has 1 heterocycles. The second-order valence-electron chi connectivity index (χ2n) is 5.40. The molecule has 0 fully saturated rings. The molecule has 0 aliphatic heterocycles. The zero-order valence-corrected chi connectivity index (χ0v) is 14.4. The number of ether oxygens (including phenoxy) is 1. The number of nitrogens with one attached hydrogen (secondary N) is 1. The molecule has 0 saturated carbocycles. The number of rotatable bonds is 6. The third kappa shape index (κ3) is 4.79. The summed E-state index contributed by atoms with van der Waals surface area (Å²) >= 11 is 0. The van der Waals surface area contributed by atoms with Gasteiger partial charge in [0.15, 0.2) is 0 Å². The Morgan fingerprint density at radius 2 is 1.85 bits per heavy atom. The summed E-state index contributed by atoms with van der Waals surface area (Å²) in [5.74, 6) is -1.21. The van der Waals surface area contributed by atoms with Crippen molar-refractivity contribution in [3.05, 3.63) is 48.3 Å². The average molecular weight is 357 g/mol. The number of alkyl carbamates (subject to hydrolysis) is 1. The lowest BCUT2D eigenvalue weighted by atomic mass is 10.1. The molecule has 26 heavy (non-hydrogen) atoms. The molecule has 0 saturated heterocycles. The molecular weight excluding hydrogens is 338 g/mol. The van der Waals surface area contributed by atoms with Crippen LogP contribution in [0.1, 0.15) is 17.3 Å². The maximum absolute atomic E-state index is 11.9. The van der Waals surface area contributed by atoms with Gasteiger partial charge in [0.05, 0.1) is 12.7 Å². The Labute approximate surface area is 150 Å². The summed E-state index contributed by atoms with van der Waals surface area (Å²) in [6.07, 6.45) is 2.30. The Balaban J connectivity index is 2.15. The van der Waals surface area contributed by atoms with Crippen molar-refractivity contribution in [2.45, 2.75) is 6.92 Å². The normalized spacial score (nSPS) is 10.1. The maximum atomic E-state index is 11.9. The topological polar surface area (TPSA) is 109 Å². The zero-order chi connectivity index (χ0) is 19.1. The average Bonchev–Trinajstić information content (AvgIpc) is 2.65. The minimum absolute atomic E-state index is 0.103. The lowest BCUT2D eigenvalue weighted by Gasteiger charge is -2.21. The molecule has 2 amide bonds. The molecule has 0 atom stereocenters. The molecule has 0 radical (unpaired) electrons. The van der Waals surface area contributed by atoms with Gasteiger partial charge in [-0.15, -0.1) is 0 Å². The number of carboxylic acid groups (broad SMARTS) is 1. The number of benzene rings is 1. The molecule has 2 N–H and O–H groups in total. The molecule has 0 bridgehead atoms. The standard InChI is InChI=1S/C18H19N3O5/c1-12(22)21(8-7-20-18(25)26-2)16-5-3-13(4-6-16)14-9-15(17(23)24)11-19-10-14/h3-6,9-11H,7-8H2,1-2H3,(H,20,25)(H,23,24). The monoisotopic (exact) mass is 357 g/mol. The summed E-state index contributed by atoms with van der Waals surface area (Å²) in [7, 11) is 1.27. The Bertz CT molecular complexity index is 805. The maximum Gasteiger partial charge on any atom is 0.406 e. The van der Waals surface area contributed by atoms with Crippen LogP contribution in [0.25, 0.3) is 11.1 Å². The number of pyridine rings is 1. The summed E-state index contributed by atoms with van der Waals surface area (Å²) in [4.78, 5) is 39.5. The van der Waals surface area contributed by atoms with E-state index in [-0.39, 0.29) is 18.0 Å². The highest BCUT2D eigenvalue weighted by Crippen LogP contribution is 2.23. The van der Waals surface area contributed by atoms with Gasteiger partial charge in [-0.2, -0.15) is 0 Å². The number of methoxy groups -OCH3 is 1. The van der Waals surface area contributed by atoms with Gasteiger partial charge in [-0.25, -0.2) is 9.59 Å². The highest BCUT2D eigenvalue weighted by molar-refractivity contribution is 5.92. The van der Waals surface area contributed by atoms with Crippen LogP contribution < -0.4 is 10.2 Å². The van der Waals surface area contributed by atoms with Crippen molar-refractivity contribution < 1.29 is 24.2 Å². The molecule has 1 aromatic heterocycles. The highest BCUT2D eigenvalue weighted by atomic mass is 16.5. The first-order valence-corrected chi connectivity index (χ1v) is 7.81. The first kappa shape index (κ1) is 18.9. The fraction of sp³-hybridized carbons (Fsp3) is 0.222. The smallest absolute Gasteiger partial charge is 0.406 e. The summed E-state index contributed by atoms with van der Waals surface area (Å²) in [6.45, 7) is 1.98. The number of carboxylic acids is 1. The lowest BCUT2D eigenvalue weighted by Crippen LogP contribution is -2.37. The minimum atomic E-state index is -1.04. The second kappa shape index (κ2) is 8.61. The van der Waals surface area contributed by atoms with Gasteiger partial charge in [0.25, 0.3) is 0 Å². The number of aromatic carboxylic acids is 1. The molecule has 8 heteroatoms. The van der Waals surface area contributed by atoms with E-state index in [4.69, 9.17) is 5.11 Å². The first-order valence-electron chi connectivity index (χ1n) is 7.81. The minimum Gasteiger partial charge on any atom is -0.478 e. The van der Waals surface area contributed by atoms with E-state index >= 15 is 0 Å². The second-order valence-corrected chi connectivity index (χ2v) is 5.40. The van der Waals surface area contributed by atoms with Crippen molar-refractivity contribution in [2.24, 2.45) is 0 Å². The van der Waals surface area contributed by atoms with Gasteiger partial charge >= 0.3 is 12.1 Å². The van der Waals surface area contributed by atoms with Crippen LogP contribution in [0.5, 0.6) is 0 Å². The number of aromatic nitrogens is 1. The fourth-order valence-electron chi connectivity index (χ4n) is 2.36. The van der Waals surface area contributed by atoms with Crippen LogP contribution in [0.4, 0.5) is 10.5 Å². The number of carbonyl (C=O) groups excluding carboxylic acids is 2. The third-order valence-corrected chi connectivity index (χ3v) is 3.67. The van der Waals surface area contributed by atoms with Crippen LogP contribution in [0.3, 0.4) is 0 Å². The van der Waals surface area contributed by atoms with E-state index in [1.807, 2.05) is 0 Å². The number of carbonyl (C=O) groups is 3.